The van der Waals surface area contributed by atoms with Gasteiger partial charge in [-0.1, -0.05) is 25.1 Å². The first kappa shape index (κ1) is 19.4. The smallest absolute Gasteiger partial charge is 0.256 e. The van der Waals surface area contributed by atoms with Gasteiger partial charge in [0.05, 0.1) is 30.7 Å². The van der Waals surface area contributed by atoms with Crippen molar-refractivity contribution < 1.29 is 14.2 Å². The molecule has 0 unspecified atom stereocenters. The molecule has 1 aliphatic rings. The summed E-state index contributed by atoms with van der Waals surface area (Å²) in [7, 11) is 1.55. The number of hydrogen-bond donors (Lipinski definition) is 2. The molecule has 0 spiro atoms. The number of H-pyrrole nitrogens is 1. The first-order chi connectivity index (χ1) is 14.6. The summed E-state index contributed by atoms with van der Waals surface area (Å²) in [5, 5.41) is 10.5. The largest absolute Gasteiger partial charge is 0.493 e. The highest BCUT2D eigenvalue weighted by Gasteiger charge is 2.35. The van der Waals surface area contributed by atoms with Crippen molar-refractivity contribution in [3.05, 3.63) is 75.4 Å². The van der Waals surface area contributed by atoms with Gasteiger partial charge in [-0.05, 0) is 36.2 Å². The van der Waals surface area contributed by atoms with E-state index in [2.05, 4.69) is 11.1 Å². The molecule has 0 fully saturated rings. The number of ether oxygens (including phenoxy) is 3. The number of hydrogen-bond acceptors (Lipinski definition) is 6. The van der Waals surface area contributed by atoms with Crippen molar-refractivity contribution in [2.75, 3.05) is 13.7 Å². The normalized spacial score (nSPS) is 15.3. The number of para-hydroxylation sites is 1. The van der Waals surface area contributed by atoms with Crippen molar-refractivity contribution in [3.8, 4) is 23.3 Å². The lowest BCUT2D eigenvalue weighted by atomic mass is 9.83. The third kappa shape index (κ3) is 3.12. The molecule has 0 aliphatic carbocycles. The number of aromatic nitrogens is 1. The van der Waals surface area contributed by atoms with E-state index in [-0.39, 0.29) is 17.0 Å². The molecular weight excluding hydrogens is 382 g/mol. The van der Waals surface area contributed by atoms with E-state index in [4.69, 9.17) is 19.9 Å². The van der Waals surface area contributed by atoms with Crippen molar-refractivity contribution in [3.63, 3.8) is 0 Å². The van der Waals surface area contributed by atoms with Gasteiger partial charge in [0.2, 0.25) is 5.88 Å². The number of nitriles is 1. The molecular formula is C23H21N3O4. The van der Waals surface area contributed by atoms with Crippen LogP contribution in [-0.4, -0.2) is 18.7 Å². The Morgan fingerprint density at radius 1 is 1.23 bits per heavy atom. The minimum Gasteiger partial charge on any atom is -0.493 e. The van der Waals surface area contributed by atoms with E-state index >= 15 is 0 Å². The molecule has 2 heterocycles. The Morgan fingerprint density at radius 2 is 2.03 bits per heavy atom. The maximum Gasteiger partial charge on any atom is 0.256 e. The van der Waals surface area contributed by atoms with Crippen LogP contribution in [0.4, 0.5) is 0 Å². The van der Waals surface area contributed by atoms with Gasteiger partial charge in [-0.15, -0.1) is 0 Å². The number of pyridine rings is 1. The number of allylic oxidation sites excluding steroid dienone is 1. The summed E-state index contributed by atoms with van der Waals surface area (Å²) < 4.78 is 17.0. The highest BCUT2D eigenvalue weighted by molar-refractivity contribution is 5.87. The number of nitrogens with two attached hydrogens (primary N) is 1. The Morgan fingerprint density at radius 3 is 2.77 bits per heavy atom. The summed E-state index contributed by atoms with van der Waals surface area (Å²) in [6, 6.07) is 14.8. The summed E-state index contributed by atoms with van der Waals surface area (Å²) >= 11 is 0. The quantitative estimate of drug-likeness (QED) is 0.674. The first-order valence-corrected chi connectivity index (χ1v) is 9.62. The first-order valence-electron chi connectivity index (χ1n) is 9.62. The van der Waals surface area contributed by atoms with Crippen LogP contribution < -0.4 is 25.5 Å². The maximum absolute atomic E-state index is 13.0. The van der Waals surface area contributed by atoms with E-state index < -0.39 is 5.92 Å². The SMILES string of the molecule is CCCOc1ccc([C@@H]2C(C#N)=C(N)Oc3c2c(=O)[nH]c2ccccc32)cc1OC. The number of nitrogens with one attached hydrogen (secondary N) is 1. The third-order valence-corrected chi connectivity index (χ3v) is 5.07. The van der Waals surface area contributed by atoms with Crippen molar-refractivity contribution in [2.24, 2.45) is 5.73 Å². The highest BCUT2D eigenvalue weighted by atomic mass is 16.5. The molecule has 1 aromatic heterocycles. The molecule has 7 nitrogen and oxygen atoms in total. The monoisotopic (exact) mass is 403 g/mol. The van der Waals surface area contributed by atoms with E-state index in [1.807, 2.05) is 31.2 Å². The van der Waals surface area contributed by atoms with Crippen molar-refractivity contribution in [1.29, 1.82) is 5.26 Å². The van der Waals surface area contributed by atoms with Gasteiger partial charge in [0.15, 0.2) is 11.5 Å². The fourth-order valence-electron chi connectivity index (χ4n) is 3.70. The predicted molar refractivity (Wildman–Crippen MR) is 113 cm³/mol. The van der Waals surface area contributed by atoms with E-state index in [1.54, 1.807) is 25.3 Å². The van der Waals surface area contributed by atoms with Gasteiger partial charge < -0.3 is 24.9 Å². The van der Waals surface area contributed by atoms with Crippen LogP contribution in [0.2, 0.25) is 0 Å². The molecule has 152 valence electrons. The molecule has 0 saturated heterocycles. The zero-order valence-electron chi connectivity index (χ0n) is 16.7. The number of fused-ring (bicyclic) bond motifs is 3. The minimum atomic E-state index is -0.693. The molecule has 3 aromatic rings. The Hall–Kier alpha value is -3.92. The molecule has 3 N–H and O–H groups in total. The van der Waals surface area contributed by atoms with Crippen LogP contribution in [0, 0.1) is 11.3 Å². The lowest BCUT2D eigenvalue weighted by molar-refractivity contribution is 0.294. The Kier molecular flexibility index (Phi) is 5.07. The minimum absolute atomic E-state index is 0.0176. The number of nitrogens with zero attached hydrogens (tertiary/aromatic N) is 1. The molecule has 0 amide bonds. The van der Waals surface area contributed by atoms with Gasteiger partial charge in [-0.2, -0.15) is 5.26 Å². The van der Waals surface area contributed by atoms with Gasteiger partial charge in [0.25, 0.3) is 5.56 Å². The number of benzene rings is 2. The zero-order chi connectivity index (χ0) is 21.3. The average Bonchev–Trinajstić information content (AvgIpc) is 2.76. The topological polar surface area (TPSA) is 110 Å². The van der Waals surface area contributed by atoms with Gasteiger partial charge in [0, 0.05) is 5.39 Å². The van der Waals surface area contributed by atoms with Gasteiger partial charge in [0.1, 0.15) is 17.4 Å². The molecule has 1 atom stereocenters. The number of methoxy groups -OCH3 is 1. The Labute approximate surface area is 173 Å². The summed E-state index contributed by atoms with van der Waals surface area (Å²) in [5.41, 5.74) is 7.60. The maximum atomic E-state index is 13.0. The van der Waals surface area contributed by atoms with E-state index in [0.29, 0.717) is 45.9 Å². The van der Waals surface area contributed by atoms with Crippen LogP contribution in [0.5, 0.6) is 17.2 Å². The predicted octanol–water partition coefficient (Wildman–Crippen LogP) is 3.54. The lowest BCUT2D eigenvalue weighted by Gasteiger charge is -2.27. The summed E-state index contributed by atoms with van der Waals surface area (Å²) in [6.07, 6.45) is 0.860. The van der Waals surface area contributed by atoms with Crippen LogP contribution in [0.25, 0.3) is 10.9 Å². The molecule has 2 aromatic carbocycles. The Balaban J connectivity index is 1.95. The molecule has 1 aliphatic heterocycles. The average molecular weight is 403 g/mol. The van der Waals surface area contributed by atoms with Gasteiger partial charge in [-0.3, -0.25) is 4.79 Å². The van der Waals surface area contributed by atoms with Crippen LogP contribution in [-0.2, 0) is 0 Å². The Bertz CT molecular complexity index is 1250. The summed E-state index contributed by atoms with van der Waals surface area (Å²) in [6.45, 7) is 2.57. The van der Waals surface area contributed by atoms with E-state index in [0.717, 1.165) is 6.42 Å². The molecule has 7 heteroatoms. The lowest BCUT2D eigenvalue weighted by Crippen LogP contribution is -2.27. The fraction of sp³-hybridized carbons (Fsp3) is 0.217. The highest BCUT2D eigenvalue weighted by Crippen LogP contribution is 2.44. The standard InChI is InChI=1S/C23H21N3O4/c1-3-10-29-17-9-8-13(11-18(17)28-2)19-15(12-24)22(25)30-21-14-6-4-5-7-16(14)26-23(27)20(19)21/h4-9,11,19H,3,10,25H2,1-2H3,(H,26,27)/t19-/m1/s1. The van der Waals surface area contributed by atoms with Crippen molar-refractivity contribution in [1.82, 2.24) is 4.98 Å². The summed E-state index contributed by atoms with van der Waals surface area (Å²) in [5.74, 6) is 0.763. The van der Waals surface area contributed by atoms with Crippen LogP contribution in [0.15, 0.2) is 58.7 Å². The van der Waals surface area contributed by atoms with Crippen molar-refractivity contribution in [2.45, 2.75) is 19.3 Å². The van der Waals surface area contributed by atoms with Crippen molar-refractivity contribution >= 4 is 10.9 Å². The van der Waals surface area contributed by atoms with Gasteiger partial charge in [-0.25, -0.2) is 0 Å². The number of rotatable bonds is 5. The second kappa shape index (κ2) is 7.84. The molecule has 0 saturated carbocycles. The number of aromatic amines is 1. The fourth-order valence-corrected chi connectivity index (χ4v) is 3.70. The second-order valence-electron chi connectivity index (χ2n) is 6.93. The van der Waals surface area contributed by atoms with Crippen LogP contribution in [0.3, 0.4) is 0 Å². The third-order valence-electron chi connectivity index (χ3n) is 5.07. The molecule has 30 heavy (non-hydrogen) atoms. The van der Waals surface area contributed by atoms with Crippen LogP contribution in [0.1, 0.15) is 30.4 Å². The zero-order valence-corrected chi connectivity index (χ0v) is 16.7. The molecule has 4 rings (SSSR count). The second-order valence-corrected chi connectivity index (χ2v) is 6.93. The van der Waals surface area contributed by atoms with E-state index in [1.165, 1.54) is 0 Å². The molecule has 0 radical (unpaired) electrons. The molecule has 0 bridgehead atoms. The summed E-state index contributed by atoms with van der Waals surface area (Å²) in [4.78, 5) is 15.9. The van der Waals surface area contributed by atoms with Crippen LogP contribution >= 0.6 is 0 Å². The van der Waals surface area contributed by atoms with Gasteiger partial charge >= 0.3 is 0 Å². The van der Waals surface area contributed by atoms with E-state index in [9.17, 15) is 10.1 Å².